The summed E-state index contributed by atoms with van der Waals surface area (Å²) in [6.07, 6.45) is 2.44. The van der Waals surface area contributed by atoms with Crippen LogP contribution in [0.2, 0.25) is 0 Å². The molecule has 0 spiro atoms. The quantitative estimate of drug-likeness (QED) is 0.763. The molecule has 0 heterocycles. The van der Waals surface area contributed by atoms with Crippen molar-refractivity contribution in [3.63, 3.8) is 0 Å². The fourth-order valence-corrected chi connectivity index (χ4v) is 2.21. The van der Waals surface area contributed by atoms with E-state index in [-0.39, 0.29) is 6.10 Å². The minimum absolute atomic E-state index is 0.252. The van der Waals surface area contributed by atoms with Gasteiger partial charge in [-0.3, -0.25) is 0 Å². The van der Waals surface area contributed by atoms with Gasteiger partial charge >= 0.3 is 0 Å². The highest BCUT2D eigenvalue weighted by Crippen LogP contribution is 2.10. The Morgan fingerprint density at radius 3 is 2.67 bits per heavy atom. The first-order valence-corrected chi connectivity index (χ1v) is 7.07. The van der Waals surface area contributed by atoms with Gasteiger partial charge in [0, 0.05) is 12.6 Å². The van der Waals surface area contributed by atoms with Gasteiger partial charge in [-0.2, -0.15) is 0 Å². The van der Waals surface area contributed by atoms with Gasteiger partial charge in [0.05, 0.1) is 6.10 Å². The molecule has 1 N–H and O–H groups in total. The lowest BCUT2D eigenvalue weighted by Gasteiger charge is -2.25. The van der Waals surface area contributed by atoms with E-state index >= 15 is 0 Å². The summed E-state index contributed by atoms with van der Waals surface area (Å²) in [6, 6.07) is 9.13. The Balaban J connectivity index is 2.64. The van der Waals surface area contributed by atoms with Gasteiger partial charge in [0.2, 0.25) is 0 Å². The van der Waals surface area contributed by atoms with Crippen molar-refractivity contribution in [3.05, 3.63) is 35.4 Å². The maximum absolute atomic E-state index is 5.74. The Morgan fingerprint density at radius 2 is 2.06 bits per heavy atom. The van der Waals surface area contributed by atoms with Crippen LogP contribution < -0.4 is 5.32 Å². The maximum atomic E-state index is 5.74. The van der Waals surface area contributed by atoms with E-state index in [0.717, 1.165) is 26.0 Å². The number of benzene rings is 1. The van der Waals surface area contributed by atoms with Gasteiger partial charge in [-0.15, -0.1) is 0 Å². The van der Waals surface area contributed by atoms with Crippen LogP contribution in [-0.4, -0.2) is 25.3 Å². The molecular formula is C16H27NO. The highest BCUT2D eigenvalue weighted by Gasteiger charge is 2.17. The smallest absolute Gasteiger partial charge is 0.0703 e. The molecule has 102 valence electrons. The Morgan fingerprint density at radius 1 is 1.28 bits per heavy atom. The molecule has 0 aliphatic rings. The predicted octanol–water partition coefficient (Wildman–Crippen LogP) is 3.33. The van der Waals surface area contributed by atoms with Gasteiger partial charge in [-0.25, -0.2) is 0 Å². The minimum Gasteiger partial charge on any atom is -0.377 e. The van der Waals surface area contributed by atoms with Crippen LogP contribution in [0, 0.1) is 6.92 Å². The number of nitrogens with one attached hydrogen (secondary N) is 1. The molecule has 0 aliphatic carbocycles. The second-order valence-electron chi connectivity index (χ2n) is 4.91. The third-order valence-electron chi connectivity index (χ3n) is 3.19. The zero-order valence-electron chi connectivity index (χ0n) is 12.2. The summed E-state index contributed by atoms with van der Waals surface area (Å²) in [4.78, 5) is 0. The van der Waals surface area contributed by atoms with E-state index in [1.807, 2.05) is 0 Å². The van der Waals surface area contributed by atoms with Crippen LogP contribution in [0.3, 0.4) is 0 Å². The molecule has 0 fully saturated rings. The lowest BCUT2D eigenvalue weighted by Crippen LogP contribution is -2.42. The normalized spacial score (nSPS) is 14.4. The second kappa shape index (κ2) is 8.28. The minimum atomic E-state index is 0.252. The third kappa shape index (κ3) is 5.19. The highest BCUT2D eigenvalue weighted by molar-refractivity contribution is 5.23. The fraction of sp³-hybridized carbons (Fsp3) is 0.625. The Kier molecular flexibility index (Phi) is 6.99. The van der Waals surface area contributed by atoms with E-state index in [2.05, 4.69) is 57.3 Å². The van der Waals surface area contributed by atoms with E-state index in [1.165, 1.54) is 11.1 Å². The molecule has 1 aromatic carbocycles. The molecule has 2 atom stereocenters. The summed E-state index contributed by atoms with van der Waals surface area (Å²) >= 11 is 0. The van der Waals surface area contributed by atoms with Crippen molar-refractivity contribution in [2.45, 2.75) is 52.7 Å². The summed E-state index contributed by atoms with van der Waals surface area (Å²) < 4.78 is 5.74. The molecule has 2 nitrogen and oxygen atoms in total. The van der Waals surface area contributed by atoms with Crippen molar-refractivity contribution in [2.24, 2.45) is 0 Å². The first kappa shape index (κ1) is 15.2. The molecule has 0 aromatic heterocycles. The van der Waals surface area contributed by atoms with E-state index in [1.54, 1.807) is 0 Å². The fourth-order valence-electron chi connectivity index (χ4n) is 2.21. The van der Waals surface area contributed by atoms with Crippen LogP contribution in [0.25, 0.3) is 0 Å². The van der Waals surface area contributed by atoms with Crippen molar-refractivity contribution >= 4 is 0 Å². The first-order valence-electron chi connectivity index (χ1n) is 7.07. The van der Waals surface area contributed by atoms with Crippen molar-refractivity contribution in [2.75, 3.05) is 13.2 Å². The van der Waals surface area contributed by atoms with Crippen LogP contribution in [-0.2, 0) is 11.2 Å². The monoisotopic (exact) mass is 249 g/mol. The lowest BCUT2D eigenvalue weighted by molar-refractivity contribution is 0.0476. The molecule has 0 radical (unpaired) electrons. The van der Waals surface area contributed by atoms with E-state index in [0.29, 0.717) is 6.04 Å². The van der Waals surface area contributed by atoms with Crippen LogP contribution in [0.15, 0.2) is 24.3 Å². The number of ether oxygens (including phenoxy) is 1. The zero-order chi connectivity index (χ0) is 13.4. The van der Waals surface area contributed by atoms with Gasteiger partial charge in [-0.05, 0) is 45.7 Å². The number of rotatable bonds is 8. The SMILES string of the molecule is CCCNC(Cc1cccc(C)c1)C(C)OCC. The summed E-state index contributed by atoms with van der Waals surface area (Å²) in [5.41, 5.74) is 2.71. The Hall–Kier alpha value is -0.860. The molecule has 0 aliphatic heterocycles. The average molecular weight is 249 g/mol. The molecule has 0 amide bonds. The van der Waals surface area contributed by atoms with Crippen LogP contribution in [0.1, 0.15) is 38.3 Å². The number of hydrogen-bond donors (Lipinski definition) is 1. The summed E-state index contributed by atoms with van der Waals surface area (Å²) in [7, 11) is 0. The molecule has 0 saturated heterocycles. The van der Waals surface area contributed by atoms with E-state index < -0.39 is 0 Å². The molecule has 2 unspecified atom stereocenters. The van der Waals surface area contributed by atoms with Crippen molar-refractivity contribution < 1.29 is 4.74 Å². The third-order valence-corrected chi connectivity index (χ3v) is 3.19. The van der Waals surface area contributed by atoms with E-state index in [4.69, 9.17) is 4.74 Å². The van der Waals surface area contributed by atoms with Crippen LogP contribution in [0.4, 0.5) is 0 Å². The van der Waals surface area contributed by atoms with Gasteiger partial charge in [-0.1, -0.05) is 36.8 Å². The maximum Gasteiger partial charge on any atom is 0.0703 e. The van der Waals surface area contributed by atoms with Crippen LogP contribution in [0.5, 0.6) is 0 Å². The van der Waals surface area contributed by atoms with Gasteiger partial charge < -0.3 is 10.1 Å². The summed E-state index contributed by atoms with van der Waals surface area (Å²) in [5.74, 6) is 0. The Bertz CT molecular complexity index is 338. The van der Waals surface area contributed by atoms with Crippen molar-refractivity contribution in [1.82, 2.24) is 5.32 Å². The van der Waals surface area contributed by atoms with Crippen LogP contribution >= 0.6 is 0 Å². The summed E-state index contributed by atoms with van der Waals surface area (Å²) in [5, 5.41) is 3.60. The molecule has 1 aromatic rings. The molecular weight excluding hydrogens is 222 g/mol. The predicted molar refractivity (Wildman–Crippen MR) is 78.1 cm³/mol. The highest BCUT2D eigenvalue weighted by atomic mass is 16.5. The number of aryl methyl sites for hydroxylation is 1. The van der Waals surface area contributed by atoms with Crippen molar-refractivity contribution in [3.8, 4) is 0 Å². The molecule has 0 saturated carbocycles. The Labute approximate surface area is 112 Å². The largest absolute Gasteiger partial charge is 0.377 e. The van der Waals surface area contributed by atoms with Crippen molar-refractivity contribution in [1.29, 1.82) is 0 Å². The average Bonchev–Trinajstić information content (AvgIpc) is 2.34. The summed E-state index contributed by atoms with van der Waals surface area (Å²) in [6.45, 7) is 10.4. The zero-order valence-corrected chi connectivity index (χ0v) is 12.2. The molecule has 0 bridgehead atoms. The van der Waals surface area contributed by atoms with E-state index in [9.17, 15) is 0 Å². The van der Waals surface area contributed by atoms with Gasteiger partial charge in [0.15, 0.2) is 0 Å². The molecule has 1 rings (SSSR count). The number of hydrogen-bond acceptors (Lipinski definition) is 2. The van der Waals surface area contributed by atoms with Gasteiger partial charge in [0.1, 0.15) is 0 Å². The lowest BCUT2D eigenvalue weighted by atomic mass is 10.0. The second-order valence-corrected chi connectivity index (χ2v) is 4.91. The molecule has 18 heavy (non-hydrogen) atoms. The topological polar surface area (TPSA) is 21.3 Å². The molecule has 2 heteroatoms. The van der Waals surface area contributed by atoms with Gasteiger partial charge in [0.25, 0.3) is 0 Å². The standard InChI is InChI=1S/C16H27NO/c1-5-10-17-16(14(4)18-6-2)12-15-9-7-8-13(3)11-15/h7-9,11,14,16-17H,5-6,10,12H2,1-4H3. The first-order chi connectivity index (χ1) is 8.67.